The summed E-state index contributed by atoms with van der Waals surface area (Å²) in [5, 5.41) is 3.45. The van der Waals surface area contributed by atoms with Gasteiger partial charge >= 0.3 is 0 Å². The first kappa shape index (κ1) is 13.4. The van der Waals surface area contributed by atoms with E-state index in [4.69, 9.17) is 0 Å². The first-order valence-corrected chi connectivity index (χ1v) is 6.45. The second-order valence-corrected chi connectivity index (χ2v) is 5.17. The molecule has 1 N–H and O–H groups in total. The molecule has 0 radical (unpaired) electrons. The van der Waals surface area contributed by atoms with Crippen molar-refractivity contribution in [3.05, 3.63) is 35.4 Å². The fourth-order valence-corrected chi connectivity index (χ4v) is 2.45. The van der Waals surface area contributed by atoms with Crippen LogP contribution in [0.3, 0.4) is 0 Å². The van der Waals surface area contributed by atoms with Crippen LogP contribution in [-0.2, 0) is 0 Å². The van der Waals surface area contributed by atoms with Gasteiger partial charge in [-0.25, -0.2) is 8.78 Å². The van der Waals surface area contributed by atoms with Crippen LogP contribution in [0.1, 0.15) is 31.4 Å². The molecule has 1 atom stereocenters. The Balaban J connectivity index is 1.96. The fourth-order valence-electron chi connectivity index (χ4n) is 2.45. The van der Waals surface area contributed by atoms with Crippen molar-refractivity contribution in [2.45, 2.75) is 31.8 Å². The Kier molecular flexibility index (Phi) is 4.30. The second-order valence-electron chi connectivity index (χ2n) is 5.17. The summed E-state index contributed by atoms with van der Waals surface area (Å²) >= 11 is 0. The number of rotatable bonds is 3. The van der Waals surface area contributed by atoms with Gasteiger partial charge in [0.2, 0.25) is 0 Å². The van der Waals surface area contributed by atoms with Crippen LogP contribution < -0.4 is 5.32 Å². The minimum atomic E-state index is -0.512. The van der Waals surface area contributed by atoms with E-state index in [9.17, 15) is 8.78 Å². The molecule has 0 bridgehead atoms. The van der Waals surface area contributed by atoms with E-state index in [2.05, 4.69) is 17.3 Å². The Hall–Kier alpha value is -1.00. The van der Waals surface area contributed by atoms with Crippen LogP contribution in [0.5, 0.6) is 0 Å². The summed E-state index contributed by atoms with van der Waals surface area (Å²) in [6.07, 6.45) is 2.16. The maximum Gasteiger partial charge on any atom is 0.126 e. The van der Waals surface area contributed by atoms with E-state index in [1.54, 1.807) is 0 Å². The molecule has 1 aliphatic rings. The minimum Gasteiger partial charge on any atom is -0.307 e. The summed E-state index contributed by atoms with van der Waals surface area (Å²) in [7, 11) is 2.11. The van der Waals surface area contributed by atoms with Gasteiger partial charge in [0, 0.05) is 18.2 Å². The van der Waals surface area contributed by atoms with Gasteiger partial charge in [-0.1, -0.05) is 0 Å². The van der Waals surface area contributed by atoms with E-state index in [0.29, 0.717) is 11.6 Å². The average molecular weight is 254 g/mol. The predicted octanol–water partition coefficient (Wildman–Crippen LogP) is 2.71. The molecule has 1 aromatic carbocycles. The highest BCUT2D eigenvalue weighted by Crippen LogP contribution is 2.19. The Bertz CT molecular complexity index is 381. The quantitative estimate of drug-likeness (QED) is 0.892. The molecule has 0 aliphatic carbocycles. The molecule has 2 nitrogen and oxygen atoms in total. The van der Waals surface area contributed by atoms with Gasteiger partial charge < -0.3 is 10.2 Å². The van der Waals surface area contributed by atoms with Gasteiger partial charge in [-0.05, 0) is 57.6 Å². The maximum atomic E-state index is 13.1. The lowest BCUT2D eigenvalue weighted by Gasteiger charge is -2.31. The Morgan fingerprint density at radius 2 is 1.72 bits per heavy atom. The molecule has 0 spiro atoms. The highest BCUT2D eigenvalue weighted by Gasteiger charge is 2.19. The number of hydrogen-bond donors (Lipinski definition) is 1. The van der Waals surface area contributed by atoms with Crippen LogP contribution in [0.2, 0.25) is 0 Å². The third-order valence-electron chi connectivity index (χ3n) is 3.59. The Labute approximate surface area is 107 Å². The van der Waals surface area contributed by atoms with Crippen molar-refractivity contribution in [3.63, 3.8) is 0 Å². The molecule has 100 valence electrons. The average Bonchev–Trinajstić information content (AvgIpc) is 2.31. The van der Waals surface area contributed by atoms with Gasteiger partial charge in [-0.15, -0.1) is 0 Å². The van der Waals surface area contributed by atoms with Crippen molar-refractivity contribution >= 4 is 0 Å². The van der Waals surface area contributed by atoms with Gasteiger partial charge in [-0.3, -0.25) is 0 Å². The molecule has 0 aromatic heterocycles. The minimum absolute atomic E-state index is 0.0244. The molecular formula is C14H20F2N2. The molecule has 1 fully saturated rings. The van der Waals surface area contributed by atoms with Crippen LogP contribution in [0.4, 0.5) is 8.78 Å². The van der Waals surface area contributed by atoms with E-state index in [-0.39, 0.29) is 6.04 Å². The van der Waals surface area contributed by atoms with Crippen LogP contribution in [0.15, 0.2) is 18.2 Å². The Morgan fingerprint density at radius 1 is 1.17 bits per heavy atom. The van der Waals surface area contributed by atoms with Gasteiger partial charge in [0.05, 0.1) is 0 Å². The summed E-state index contributed by atoms with van der Waals surface area (Å²) in [6.45, 7) is 4.09. The zero-order chi connectivity index (χ0) is 13.1. The zero-order valence-corrected chi connectivity index (χ0v) is 10.9. The maximum absolute atomic E-state index is 13.1. The first-order chi connectivity index (χ1) is 8.54. The number of piperidine rings is 1. The van der Waals surface area contributed by atoms with Crippen LogP contribution in [0.25, 0.3) is 0 Å². The summed E-state index contributed by atoms with van der Waals surface area (Å²) < 4.78 is 26.3. The number of benzene rings is 1. The van der Waals surface area contributed by atoms with E-state index >= 15 is 0 Å². The molecule has 1 aromatic rings. The van der Waals surface area contributed by atoms with Crippen molar-refractivity contribution in [2.24, 2.45) is 0 Å². The van der Waals surface area contributed by atoms with Gasteiger partial charge in [0.25, 0.3) is 0 Å². The van der Waals surface area contributed by atoms with Crippen LogP contribution in [-0.4, -0.2) is 31.1 Å². The molecule has 0 saturated carbocycles. The second kappa shape index (κ2) is 5.76. The lowest BCUT2D eigenvalue weighted by molar-refractivity contribution is 0.226. The molecule has 0 amide bonds. The summed E-state index contributed by atoms with van der Waals surface area (Å²) in [4.78, 5) is 2.30. The van der Waals surface area contributed by atoms with E-state index in [1.165, 1.54) is 12.1 Å². The summed E-state index contributed by atoms with van der Waals surface area (Å²) in [5.74, 6) is -1.02. The Morgan fingerprint density at radius 3 is 2.28 bits per heavy atom. The molecule has 1 unspecified atom stereocenters. The van der Waals surface area contributed by atoms with E-state index < -0.39 is 11.6 Å². The highest BCUT2D eigenvalue weighted by atomic mass is 19.1. The number of likely N-dealkylation sites (tertiary alicyclic amines) is 1. The van der Waals surface area contributed by atoms with Crippen molar-refractivity contribution in [1.82, 2.24) is 10.2 Å². The predicted molar refractivity (Wildman–Crippen MR) is 68.4 cm³/mol. The summed E-state index contributed by atoms with van der Waals surface area (Å²) in [5.41, 5.74) is 0.673. The third kappa shape index (κ3) is 3.50. The largest absolute Gasteiger partial charge is 0.307 e. The van der Waals surface area contributed by atoms with Crippen molar-refractivity contribution < 1.29 is 8.78 Å². The number of nitrogens with zero attached hydrogens (tertiary/aromatic N) is 1. The molecular weight excluding hydrogens is 234 g/mol. The van der Waals surface area contributed by atoms with Crippen LogP contribution in [0, 0.1) is 11.6 Å². The lowest BCUT2D eigenvalue weighted by Crippen LogP contribution is -2.41. The van der Waals surface area contributed by atoms with E-state index in [0.717, 1.165) is 32.0 Å². The van der Waals surface area contributed by atoms with Gasteiger partial charge in [-0.2, -0.15) is 0 Å². The van der Waals surface area contributed by atoms with Crippen LogP contribution >= 0.6 is 0 Å². The van der Waals surface area contributed by atoms with Crippen molar-refractivity contribution in [1.29, 1.82) is 0 Å². The lowest BCUT2D eigenvalue weighted by atomic mass is 10.0. The van der Waals surface area contributed by atoms with Crippen molar-refractivity contribution in [3.8, 4) is 0 Å². The molecule has 1 heterocycles. The number of halogens is 2. The van der Waals surface area contributed by atoms with E-state index in [1.807, 2.05) is 6.92 Å². The smallest absolute Gasteiger partial charge is 0.126 e. The highest BCUT2D eigenvalue weighted by molar-refractivity contribution is 5.21. The van der Waals surface area contributed by atoms with Gasteiger partial charge in [0.15, 0.2) is 0 Å². The first-order valence-electron chi connectivity index (χ1n) is 6.45. The third-order valence-corrected chi connectivity index (χ3v) is 3.59. The SMILES string of the molecule is CC(NC1CCN(C)CC1)c1cc(F)cc(F)c1. The summed E-state index contributed by atoms with van der Waals surface area (Å²) in [6, 6.07) is 4.11. The van der Waals surface area contributed by atoms with Crippen molar-refractivity contribution in [2.75, 3.05) is 20.1 Å². The normalized spacial score (nSPS) is 20.0. The topological polar surface area (TPSA) is 15.3 Å². The molecule has 1 saturated heterocycles. The number of nitrogens with one attached hydrogen (secondary N) is 1. The molecule has 18 heavy (non-hydrogen) atoms. The molecule has 2 rings (SSSR count). The zero-order valence-electron chi connectivity index (χ0n) is 10.9. The standard InChI is InChI=1S/C14H20F2N2/c1-10(11-7-12(15)9-13(16)8-11)17-14-3-5-18(2)6-4-14/h7-10,14,17H,3-6H2,1-2H3. The monoisotopic (exact) mass is 254 g/mol. The fraction of sp³-hybridized carbons (Fsp3) is 0.571. The molecule has 1 aliphatic heterocycles. The molecule has 4 heteroatoms. The van der Waals surface area contributed by atoms with Gasteiger partial charge in [0.1, 0.15) is 11.6 Å². The number of hydrogen-bond acceptors (Lipinski definition) is 2.